The molecule has 3 rings (SSSR count). The molecule has 29 heavy (non-hydrogen) atoms. The van der Waals surface area contributed by atoms with Gasteiger partial charge in [0.25, 0.3) is 10.0 Å². The van der Waals surface area contributed by atoms with Gasteiger partial charge in [-0.15, -0.1) is 0 Å². The van der Waals surface area contributed by atoms with Gasteiger partial charge in [-0.2, -0.15) is 0 Å². The highest BCUT2D eigenvalue weighted by atomic mass is 35.5. The molecule has 0 aromatic heterocycles. The van der Waals surface area contributed by atoms with Crippen molar-refractivity contribution in [2.45, 2.75) is 11.8 Å². The molecule has 0 saturated carbocycles. The van der Waals surface area contributed by atoms with Crippen molar-refractivity contribution in [3.05, 3.63) is 88.4 Å². The average molecular weight is 449 g/mol. The van der Waals surface area contributed by atoms with Crippen molar-refractivity contribution in [2.75, 3.05) is 16.2 Å². The number of benzene rings is 3. The molecule has 3 aromatic carbocycles. The van der Waals surface area contributed by atoms with Crippen LogP contribution in [0.4, 0.5) is 11.4 Å². The predicted octanol–water partition coefficient (Wildman–Crippen LogP) is 5.14. The third-order valence-corrected chi connectivity index (χ3v) is 6.36. The first-order chi connectivity index (χ1) is 13.8. The molecule has 1 amide bonds. The van der Waals surface area contributed by atoms with Crippen molar-refractivity contribution in [1.82, 2.24) is 0 Å². The van der Waals surface area contributed by atoms with Crippen LogP contribution in [0.15, 0.2) is 77.7 Å². The molecule has 0 fully saturated rings. The Balaban J connectivity index is 1.95. The predicted molar refractivity (Wildman–Crippen MR) is 117 cm³/mol. The number of hydrogen-bond donors (Lipinski definition) is 1. The summed E-state index contributed by atoms with van der Waals surface area (Å²) in [6.45, 7) is 1.48. The maximum atomic E-state index is 13.3. The maximum Gasteiger partial charge on any atom is 0.264 e. The summed E-state index contributed by atoms with van der Waals surface area (Å²) in [6, 6.07) is 19.3. The van der Waals surface area contributed by atoms with Gasteiger partial charge in [0, 0.05) is 15.7 Å². The minimum atomic E-state index is -4.03. The fourth-order valence-corrected chi connectivity index (χ4v) is 4.46. The van der Waals surface area contributed by atoms with Gasteiger partial charge in [-0.25, -0.2) is 8.42 Å². The van der Waals surface area contributed by atoms with Crippen molar-refractivity contribution in [2.24, 2.45) is 0 Å². The molecule has 0 aliphatic rings. The number of nitrogens with zero attached hydrogens (tertiary/aromatic N) is 1. The van der Waals surface area contributed by atoms with Crippen LogP contribution < -0.4 is 9.62 Å². The Kier molecular flexibility index (Phi) is 6.47. The molecule has 3 aromatic rings. The number of hydrogen-bond acceptors (Lipinski definition) is 3. The van der Waals surface area contributed by atoms with Gasteiger partial charge in [0.1, 0.15) is 6.54 Å². The van der Waals surface area contributed by atoms with Gasteiger partial charge in [-0.05, 0) is 67.1 Å². The van der Waals surface area contributed by atoms with E-state index >= 15 is 0 Å². The lowest BCUT2D eigenvalue weighted by molar-refractivity contribution is -0.114. The van der Waals surface area contributed by atoms with E-state index in [1.54, 1.807) is 30.3 Å². The van der Waals surface area contributed by atoms with E-state index in [0.717, 1.165) is 9.87 Å². The molecule has 0 saturated heterocycles. The molecular formula is C21H18Cl2N2O3S. The highest BCUT2D eigenvalue weighted by Gasteiger charge is 2.27. The summed E-state index contributed by atoms with van der Waals surface area (Å²) in [5.74, 6) is -0.479. The molecule has 0 unspecified atom stereocenters. The smallest absolute Gasteiger partial charge is 0.264 e. The fourth-order valence-electron chi connectivity index (χ4n) is 2.73. The molecule has 8 heteroatoms. The molecule has 5 nitrogen and oxygen atoms in total. The summed E-state index contributed by atoms with van der Waals surface area (Å²) in [6.07, 6.45) is 0. The van der Waals surface area contributed by atoms with Crippen molar-refractivity contribution in [1.29, 1.82) is 0 Å². The van der Waals surface area contributed by atoms with Gasteiger partial charge < -0.3 is 5.32 Å². The number of anilines is 2. The van der Waals surface area contributed by atoms with Crippen LogP contribution >= 0.6 is 23.2 Å². The van der Waals surface area contributed by atoms with Crippen molar-refractivity contribution in [3.8, 4) is 0 Å². The van der Waals surface area contributed by atoms with Crippen molar-refractivity contribution >= 4 is 50.5 Å². The fraction of sp³-hybridized carbons (Fsp3) is 0.0952. The van der Waals surface area contributed by atoms with Crippen molar-refractivity contribution in [3.63, 3.8) is 0 Å². The van der Waals surface area contributed by atoms with Crippen molar-refractivity contribution < 1.29 is 13.2 Å². The summed E-state index contributed by atoms with van der Waals surface area (Å²) < 4.78 is 27.5. The lowest BCUT2D eigenvalue weighted by Gasteiger charge is -2.24. The maximum absolute atomic E-state index is 13.3. The van der Waals surface area contributed by atoms with Crippen LogP contribution in [0.3, 0.4) is 0 Å². The zero-order chi connectivity index (χ0) is 21.0. The molecule has 0 radical (unpaired) electrons. The first kappa shape index (κ1) is 21.2. The Morgan fingerprint density at radius 1 is 0.931 bits per heavy atom. The Labute approximate surface area is 179 Å². The first-order valence-corrected chi connectivity index (χ1v) is 10.9. The minimum absolute atomic E-state index is 0.0187. The number of halogens is 2. The van der Waals surface area contributed by atoms with Crippen LogP contribution in [-0.4, -0.2) is 20.9 Å². The summed E-state index contributed by atoms with van der Waals surface area (Å²) in [5, 5.41) is 3.50. The molecule has 150 valence electrons. The summed E-state index contributed by atoms with van der Waals surface area (Å²) in [5.41, 5.74) is 1.85. The van der Waals surface area contributed by atoms with E-state index in [1.807, 2.05) is 19.1 Å². The van der Waals surface area contributed by atoms with Gasteiger partial charge in [0.15, 0.2) is 0 Å². The molecule has 0 bridgehead atoms. The van der Waals surface area contributed by atoms with E-state index in [1.165, 1.54) is 30.3 Å². The van der Waals surface area contributed by atoms with Crippen LogP contribution in [0.2, 0.25) is 10.0 Å². The van der Waals surface area contributed by atoms with Crippen LogP contribution in [0.25, 0.3) is 0 Å². The van der Waals surface area contributed by atoms with Crippen LogP contribution in [-0.2, 0) is 14.8 Å². The number of amides is 1. The van der Waals surface area contributed by atoms with Crippen LogP contribution in [0.1, 0.15) is 5.56 Å². The zero-order valence-corrected chi connectivity index (χ0v) is 17.8. The highest BCUT2D eigenvalue weighted by Crippen LogP contribution is 2.27. The van der Waals surface area contributed by atoms with Gasteiger partial charge in [0.2, 0.25) is 5.91 Å². The molecule has 0 aliphatic heterocycles. The number of carbonyl (C=O) groups is 1. The Hall–Kier alpha value is -2.54. The van der Waals surface area contributed by atoms with E-state index in [9.17, 15) is 13.2 Å². The molecular weight excluding hydrogens is 431 g/mol. The number of rotatable bonds is 6. The second-order valence-electron chi connectivity index (χ2n) is 6.36. The highest BCUT2D eigenvalue weighted by molar-refractivity contribution is 7.92. The molecule has 0 aliphatic carbocycles. The van der Waals surface area contributed by atoms with Crippen LogP contribution in [0, 0.1) is 6.92 Å². The third-order valence-electron chi connectivity index (χ3n) is 4.09. The normalized spacial score (nSPS) is 11.1. The lowest BCUT2D eigenvalue weighted by atomic mass is 10.2. The van der Waals surface area contributed by atoms with Gasteiger partial charge in [-0.3, -0.25) is 9.10 Å². The van der Waals surface area contributed by atoms with E-state index in [4.69, 9.17) is 23.2 Å². The van der Waals surface area contributed by atoms with E-state index in [-0.39, 0.29) is 10.6 Å². The topological polar surface area (TPSA) is 66.5 Å². The first-order valence-electron chi connectivity index (χ1n) is 8.66. The Morgan fingerprint density at radius 2 is 1.62 bits per heavy atom. The average Bonchev–Trinajstić information content (AvgIpc) is 2.66. The minimum Gasteiger partial charge on any atom is -0.325 e. The van der Waals surface area contributed by atoms with Gasteiger partial charge in [-0.1, -0.05) is 41.4 Å². The largest absolute Gasteiger partial charge is 0.325 e. The third kappa shape index (κ3) is 5.29. The van der Waals surface area contributed by atoms with Gasteiger partial charge >= 0.3 is 0 Å². The lowest BCUT2D eigenvalue weighted by Crippen LogP contribution is -2.38. The second kappa shape index (κ2) is 8.86. The standard InChI is InChI=1S/C21H18Cl2N2O3S/c1-15-4-2-6-18(12-15)24-21(26)14-25(19-7-3-5-17(23)13-19)29(27,28)20-10-8-16(22)9-11-20/h2-13H,14H2,1H3,(H,24,26). The summed E-state index contributed by atoms with van der Waals surface area (Å²) in [7, 11) is -4.03. The monoisotopic (exact) mass is 448 g/mol. The molecule has 0 heterocycles. The molecule has 0 atom stereocenters. The molecule has 0 spiro atoms. The van der Waals surface area contributed by atoms with E-state index < -0.39 is 22.5 Å². The number of carbonyl (C=O) groups excluding carboxylic acids is 1. The summed E-state index contributed by atoms with van der Waals surface area (Å²) in [4.78, 5) is 12.7. The Bertz CT molecular complexity index is 1130. The van der Waals surface area contributed by atoms with E-state index in [0.29, 0.717) is 15.7 Å². The number of sulfonamides is 1. The number of aryl methyl sites for hydroxylation is 1. The van der Waals surface area contributed by atoms with Crippen LogP contribution in [0.5, 0.6) is 0 Å². The SMILES string of the molecule is Cc1cccc(NC(=O)CN(c2cccc(Cl)c2)S(=O)(=O)c2ccc(Cl)cc2)c1. The molecule has 1 N–H and O–H groups in total. The number of nitrogens with one attached hydrogen (secondary N) is 1. The summed E-state index contributed by atoms with van der Waals surface area (Å²) >= 11 is 11.9. The van der Waals surface area contributed by atoms with Gasteiger partial charge in [0.05, 0.1) is 10.6 Å². The second-order valence-corrected chi connectivity index (χ2v) is 9.10. The quantitative estimate of drug-likeness (QED) is 0.567. The zero-order valence-electron chi connectivity index (χ0n) is 15.5. The van der Waals surface area contributed by atoms with E-state index in [2.05, 4.69) is 5.32 Å². The Morgan fingerprint density at radius 3 is 2.28 bits per heavy atom.